The number of imidazole rings is 1. The van der Waals surface area contributed by atoms with Gasteiger partial charge in [-0.2, -0.15) is 13.5 Å². The van der Waals surface area contributed by atoms with E-state index in [1.807, 2.05) is 6.20 Å². The average molecular weight is 653 g/mol. The molecule has 2 atom stereocenters. The van der Waals surface area contributed by atoms with Gasteiger partial charge in [0.15, 0.2) is 10.8 Å². The van der Waals surface area contributed by atoms with E-state index in [-0.39, 0.29) is 10.8 Å². The number of carboxylic acids is 1. The molecular weight excluding hydrogens is 624 g/mol. The molecule has 18 nitrogen and oxygen atoms in total. The van der Waals surface area contributed by atoms with Crippen LogP contribution < -0.4 is 21.1 Å². The summed E-state index contributed by atoms with van der Waals surface area (Å²) in [6.45, 7) is 4.13. The molecule has 2 amide bonds. The van der Waals surface area contributed by atoms with E-state index in [1.54, 1.807) is 22.7 Å². The van der Waals surface area contributed by atoms with Gasteiger partial charge >= 0.3 is 16.4 Å². The topological polar surface area (TPSA) is 249 Å². The molecule has 3 aromatic heterocycles. The number of nitrogens with zero attached hydrogens (tertiary/aromatic N) is 5. The number of hydrogen-bond donors (Lipinski definition) is 5. The number of nitrogens with two attached hydrogens (primary N) is 1. The van der Waals surface area contributed by atoms with E-state index in [4.69, 9.17) is 19.9 Å². The van der Waals surface area contributed by atoms with Gasteiger partial charge < -0.3 is 35.4 Å². The van der Waals surface area contributed by atoms with Gasteiger partial charge in [-0.1, -0.05) is 5.16 Å². The maximum atomic E-state index is 13.2. The zero-order valence-electron chi connectivity index (χ0n) is 23.2. The zero-order valence-corrected chi connectivity index (χ0v) is 24.9. The fourth-order valence-corrected chi connectivity index (χ4v) is 5.45. The molecule has 0 aromatic carbocycles. The highest BCUT2D eigenvalue weighted by molar-refractivity contribution is 7.80. The number of β-lactam (4-membered cyclic amide) rings is 1. The second-order valence-electron chi connectivity index (χ2n) is 10.5. The summed E-state index contributed by atoms with van der Waals surface area (Å²) in [7, 11) is -5.01. The number of aromatic nitrogens is 3. The molecular formula is C24H28N8O10S2. The first-order valence-electron chi connectivity index (χ1n) is 13.0. The van der Waals surface area contributed by atoms with Crippen molar-refractivity contribution in [3.8, 4) is 5.75 Å². The number of aliphatic carboxylic acids is 1. The number of carboxylic acid groups (broad SMARTS) is 1. The summed E-state index contributed by atoms with van der Waals surface area (Å²) in [5.74, 6) is -2.58. The van der Waals surface area contributed by atoms with Crippen LogP contribution >= 0.6 is 11.3 Å². The molecule has 2 aliphatic heterocycles. The van der Waals surface area contributed by atoms with Crippen molar-refractivity contribution in [3.63, 3.8) is 0 Å². The molecule has 2 fully saturated rings. The molecule has 5 heterocycles. The van der Waals surface area contributed by atoms with Crippen LogP contribution in [0.4, 0.5) is 5.13 Å². The van der Waals surface area contributed by atoms with Crippen molar-refractivity contribution in [3.05, 3.63) is 41.3 Å². The number of hydroxylamine groups is 2. The first-order valence-corrected chi connectivity index (χ1v) is 15.3. The molecule has 44 heavy (non-hydrogen) atoms. The maximum absolute atomic E-state index is 13.2. The second-order valence-corrected chi connectivity index (χ2v) is 12.4. The van der Waals surface area contributed by atoms with Crippen molar-refractivity contribution in [1.29, 1.82) is 0 Å². The van der Waals surface area contributed by atoms with Gasteiger partial charge in [0, 0.05) is 11.6 Å². The Kier molecular flexibility index (Phi) is 8.44. The average Bonchev–Trinajstić information content (AvgIpc) is 3.54. The molecule has 6 N–H and O–H groups in total. The number of rotatable bonds is 13. The van der Waals surface area contributed by atoms with Crippen LogP contribution in [0.25, 0.3) is 5.65 Å². The Balaban J connectivity index is 1.27. The van der Waals surface area contributed by atoms with E-state index in [1.165, 1.54) is 19.2 Å². The van der Waals surface area contributed by atoms with Crippen LogP contribution in [-0.2, 0) is 40.3 Å². The number of amides is 2. The minimum Gasteiger partial charge on any atom is -0.487 e. The van der Waals surface area contributed by atoms with Crippen molar-refractivity contribution >= 4 is 56.0 Å². The first kappa shape index (κ1) is 31.1. The monoisotopic (exact) mass is 652 g/mol. The van der Waals surface area contributed by atoms with Crippen LogP contribution in [0.15, 0.2) is 35.1 Å². The fourth-order valence-electron chi connectivity index (χ4n) is 4.45. The predicted molar refractivity (Wildman–Crippen MR) is 152 cm³/mol. The Labute approximate surface area is 253 Å². The van der Waals surface area contributed by atoms with Crippen molar-refractivity contribution < 1.29 is 46.3 Å². The molecule has 2 aliphatic rings. The van der Waals surface area contributed by atoms with Gasteiger partial charge in [-0.15, -0.1) is 15.6 Å². The summed E-state index contributed by atoms with van der Waals surface area (Å²) in [4.78, 5) is 51.4. The number of carbonyl (C=O) groups excluding carboxylic acids is 2. The molecule has 0 spiro atoms. The van der Waals surface area contributed by atoms with Crippen molar-refractivity contribution in [2.75, 3.05) is 25.4 Å². The molecule has 0 aliphatic carbocycles. The molecule has 1 unspecified atom stereocenters. The molecule has 5 rings (SSSR count). The van der Waals surface area contributed by atoms with E-state index in [0.29, 0.717) is 22.4 Å². The lowest BCUT2D eigenvalue weighted by Crippen LogP contribution is -2.76. The number of anilines is 1. The Hall–Kier alpha value is -4.37. The number of pyridine rings is 1. The number of nitrogens with one attached hydrogen (secondary N) is 2. The quantitative estimate of drug-likeness (QED) is 0.0658. The van der Waals surface area contributed by atoms with Crippen LogP contribution in [0.1, 0.15) is 25.2 Å². The number of hydrogen-bond acceptors (Lipinski definition) is 14. The number of fused-ring (bicyclic) bond motifs is 1. The summed E-state index contributed by atoms with van der Waals surface area (Å²) < 4.78 is 42.8. The predicted octanol–water partition coefficient (Wildman–Crippen LogP) is -0.772. The van der Waals surface area contributed by atoms with Gasteiger partial charge in [0.25, 0.3) is 17.9 Å². The molecule has 0 bridgehead atoms. The molecule has 0 radical (unpaired) electrons. The van der Waals surface area contributed by atoms with Gasteiger partial charge in [-0.3, -0.25) is 14.1 Å². The molecule has 2 saturated heterocycles. The highest BCUT2D eigenvalue weighted by Crippen LogP contribution is 2.33. The largest absolute Gasteiger partial charge is 0.487 e. The summed E-state index contributed by atoms with van der Waals surface area (Å²) in [6.07, 6.45) is 2.69. The highest BCUT2D eigenvalue weighted by Gasteiger charge is 2.58. The lowest BCUT2D eigenvalue weighted by atomic mass is 9.84. The minimum absolute atomic E-state index is 0.0637. The van der Waals surface area contributed by atoms with Crippen LogP contribution in [0.5, 0.6) is 5.75 Å². The lowest BCUT2D eigenvalue weighted by molar-refractivity contribution is -0.218. The third-order valence-electron chi connectivity index (χ3n) is 6.89. The smallest absolute Gasteiger partial charge is 0.418 e. The lowest BCUT2D eigenvalue weighted by Gasteiger charge is -2.50. The first-order chi connectivity index (χ1) is 20.7. The van der Waals surface area contributed by atoms with Gasteiger partial charge in [0.1, 0.15) is 29.7 Å². The fraction of sp³-hybridized carbons (Fsp3) is 0.417. The van der Waals surface area contributed by atoms with Crippen LogP contribution in [0.2, 0.25) is 0 Å². The van der Waals surface area contributed by atoms with Crippen molar-refractivity contribution in [1.82, 2.24) is 30.1 Å². The van der Waals surface area contributed by atoms with Crippen LogP contribution in [0.3, 0.4) is 0 Å². The van der Waals surface area contributed by atoms with Gasteiger partial charge in [0.05, 0.1) is 17.4 Å². The van der Waals surface area contributed by atoms with Crippen molar-refractivity contribution in [2.45, 2.75) is 38.0 Å². The highest BCUT2D eigenvalue weighted by atomic mass is 32.3. The Morgan fingerprint density at radius 1 is 1.30 bits per heavy atom. The van der Waals surface area contributed by atoms with E-state index in [9.17, 15) is 27.9 Å². The van der Waals surface area contributed by atoms with Crippen LogP contribution in [-0.4, -0.2) is 98.4 Å². The zero-order chi connectivity index (χ0) is 31.8. The number of thiazole rings is 1. The molecule has 0 saturated carbocycles. The Bertz CT molecular complexity index is 1730. The number of ether oxygens (including phenoxy) is 1. The Morgan fingerprint density at radius 2 is 2.05 bits per heavy atom. The summed E-state index contributed by atoms with van der Waals surface area (Å²) in [5.41, 5.74) is 5.30. The maximum Gasteiger partial charge on any atom is 0.418 e. The normalized spacial score (nSPS) is 19.2. The van der Waals surface area contributed by atoms with E-state index >= 15 is 0 Å². The van der Waals surface area contributed by atoms with Gasteiger partial charge in [-0.05, 0) is 51.4 Å². The summed E-state index contributed by atoms with van der Waals surface area (Å²) in [6, 6.07) is 2.04. The van der Waals surface area contributed by atoms with Gasteiger partial charge in [-0.25, -0.2) is 14.8 Å². The SMILES string of the molecule is CC1(C)[C@H](NC(=O)/C(=N\OC(COc2ccc3nc(CC4CNC4)cn3c2)C(=O)O)c2csc(N)n2)C(=O)N1OS(=O)(=O)O. The second kappa shape index (κ2) is 12.0. The van der Waals surface area contributed by atoms with Gasteiger partial charge in [0.2, 0.25) is 0 Å². The summed E-state index contributed by atoms with van der Waals surface area (Å²) >= 11 is 0.963. The number of carbonyl (C=O) groups is 3. The molecule has 236 valence electrons. The number of nitrogen functional groups attached to an aromatic ring is 1. The number of oxime groups is 1. The Morgan fingerprint density at radius 3 is 2.64 bits per heavy atom. The van der Waals surface area contributed by atoms with Crippen LogP contribution in [0, 0.1) is 5.92 Å². The van der Waals surface area contributed by atoms with E-state index < -0.39 is 58.2 Å². The standard InChI is InChI=1S/C24H28N8O10S2/c1-24(2)19(21(34)32(24)42-44(37,38)39)29-20(33)18(15-11-43-23(25)28-15)30-41-16(22(35)36)10-40-14-3-4-17-27-13(8-31(17)9-14)5-12-6-26-7-12/h3-4,8-9,11-12,16,19,26H,5-7,10H2,1-2H3,(H2,25,28)(H,29,33)(H,35,36)(H,37,38,39)/b30-18-/t16?,19-/m1/s1. The van der Waals surface area contributed by atoms with Crippen molar-refractivity contribution in [2.24, 2.45) is 11.1 Å². The third kappa shape index (κ3) is 6.73. The molecule has 3 aromatic rings. The van der Waals surface area contributed by atoms with E-state index in [0.717, 1.165) is 36.5 Å². The summed E-state index contributed by atoms with van der Waals surface area (Å²) in [5, 5.41) is 20.8. The molecule has 20 heteroatoms. The minimum atomic E-state index is -5.01. The third-order valence-corrected chi connectivity index (χ3v) is 7.90. The van der Waals surface area contributed by atoms with E-state index in [2.05, 4.69) is 30.0 Å².